The summed E-state index contributed by atoms with van der Waals surface area (Å²) in [6.07, 6.45) is 3.16. The summed E-state index contributed by atoms with van der Waals surface area (Å²) in [6.45, 7) is 5.60. The van der Waals surface area contributed by atoms with Crippen molar-refractivity contribution in [3.05, 3.63) is 18.2 Å². The molecule has 116 valence electrons. The number of aromatic nitrogens is 2. The molecule has 1 aliphatic heterocycles. The molecule has 21 heavy (non-hydrogen) atoms. The molecule has 2 rings (SSSR count). The molecule has 0 spiro atoms. The molecule has 0 saturated carbocycles. The van der Waals surface area contributed by atoms with Gasteiger partial charge in [0.05, 0.1) is 6.33 Å². The monoisotopic (exact) mass is 295 g/mol. The zero-order chi connectivity index (χ0) is 15.8. The van der Waals surface area contributed by atoms with Gasteiger partial charge in [0.2, 0.25) is 0 Å². The first-order valence-corrected chi connectivity index (χ1v) is 6.87. The Bertz CT molecular complexity index is 547. The molecule has 0 radical (unpaired) electrons. The van der Waals surface area contributed by atoms with Crippen LogP contribution in [0.15, 0.2) is 12.5 Å². The van der Waals surface area contributed by atoms with Crippen LogP contribution < -0.4 is 0 Å². The maximum Gasteiger partial charge on any atom is 0.411 e. The van der Waals surface area contributed by atoms with Crippen LogP contribution in [0.1, 0.15) is 38.8 Å². The van der Waals surface area contributed by atoms with Crippen molar-refractivity contribution in [3.63, 3.8) is 0 Å². The predicted octanol–water partition coefficient (Wildman–Crippen LogP) is 1.60. The van der Waals surface area contributed by atoms with Crippen molar-refractivity contribution in [3.8, 4) is 0 Å². The molecule has 0 bridgehead atoms. The Morgan fingerprint density at radius 3 is 2.57 bits per heavy atom. The van der Waals surface area contributed by atoms with Crippen molar-refractivity contribution < 1.29 is 19.4 Å². The molecular formula is C14H21N3O4. The van der Waals surface area contributed by atoms with Gasteiger partial charge in [0.15, 0.2) is 0 Å². The molecule has 1 aromatic rings. The van der Waals surface area contributed by atoms with E-state index < -0.39 is 23.7 Å². The first kappa shape index (κ1) is 15.3. The van der Waals surface area contributed by atoms with Gasteiger partial charge >= 0.3 is 12.1 Å². The number of nitrogens with zero attached hydrogens (tertiary/aromatic N) is 3. The van der Waals surface area contributed by atoms with Crippen LogP contribution in [-0.4, -0.2) is 49.8 Å². The third-order valence-electron chi connectivity index (χ3n) is 3.49. The lowest BCUT2D eigenvalue weighted by Gasteiger charge is -2.26. The number of carbonyl (C=O) groups is 2. The molecule has 1 fully saturated rings. The molecule has 1 N–H and O–H groups in total. The summed E-state index contributed by atoms with van der Waals surface area (Å²) < 4.78 is 7.15. The van der Waals surface area contributed by atoms with Gasteiger partial charge in [-0.1, -0.05) is 0 Å². The van der Waals surface area contributed by atoms with Gasteiger partial charge in [0.25, 0.3) is 0 Å². The second-order valence-corrected chi connectivity index (χ2v) is 6.35. The van der Waals surface area contributed by atoms with Gasteiger partial charge in [-0.15, -0.1) is 0 Å². The molecule has 1 amide bonds. The number of aliphatic carboxylic acids is 1. The molecule has 7 nitrogen and oxygen atoms in total. The standard InChI is InChI=1S/C14H21N3O4/c1-14(2,3)21-13(20)17-7-9(5-10(17)12(18)19)11-6-15-8-16(11)4/h6,8-10H,5,7H2,1-4H3,(H,18,19)/t9?,10-/m1/s1. The van der Waals surface area contributed by atoms with Crippen LogP contribution in [0, 0.1) is 0 Å². The van der Waals surface area contributed by atoms with Gasteiger partial charge in [0, 0.05) is 31.4 Å². The second-order valence-electron chi connectivity index (χ2n) is 6.35. The van der Waals surface area contributed by atoms with E-state index in [-0.39, 0.29) is 5.92 Å². The quantitative estimate of drug-likeness (QED) is 0.895. The van der Waals surface area contributed by atoms with E-state index >= 15 is 0 Å². The minimum atomic E-state index is -1.01. The van der Waals surface area contributed by atoms with Gasteiger partial charge in [0.1, 0.15) is 11.6 Å². The Hall–Kier alpha value is -2.05. The van der Waals surface area contributed by atoms with E-state index in [9.17, 15) is 14.7 Å². The number of amides is 1. The van der Waals surface area contributed by atoms with E-state index in [4.69, 9.17) is 4.74 Å². The Morgan fingerprint density at radius 1 is 1.43 bits per heavy atom. The zero-order valence-corrected chi connectivity index (χ0v) is 12.7. The number of carboxylic acid groups (broad SMARTS) is 1. The SMILES string of the molecule is Cn1cncc1C1C[C@H](C(=O)O)N(C(=O)OC(C)(C)C)C1. The summed E-state index contributed by atoms with van der Waals surface area (Å²) in [4.78, 5) is 28.9. The molecule has 1 unspecified atom stereocenters. The minimum absolute atomic E-state index is 0.0499. The summed E-state index contributed by atoms with van der Waals surface area (Å²) in [5, 5.41) is 9.34. The Balaban J connectivity index is 2.18. The topological polar surface area (TPSA) is 84.7 Å². The van der Waals surface area contributed by atoms with Crippen LogP contribution in [0.25, 0.3) is 0 Å². The van der Waals surface area contributed by atoms with Crippen molar-refractivity contribution in [1.82, 2.24) is 14.5 Å². The smallest absolute Gasteiger partial charge is 0.411 e. The number of carbonyl (C=O) groups excluding carboxylic acids is 1. The summed E-state index contributed by atoms with van der Waals surface area (Å²) in [5.41, 5.74) is 0.275. The number of hydrogen-bond donors (Lipinski definition) is 1. The molecule has 1 saturated heterocycles. The molecule has 2 heterocycles. The zero-order valence-electron chi connectivity index (χ0n) is 12.7. The van der Waals surface area contributed by atoms with Gasteiger partial charge in [-0.2, -0.15) is 0 Å². The van der Waals surface area contributed by atoms with E-state index in [1.165, 1.54) is 4.90 Å². The average Bonchev–Trinajstić information content (AvgIpc) is 2.91. The van der Waals surface area contributed by atoms with E-state index in [0.29, 0.717) is 13.0 Å². The fraction of sp³-hybridized carbons (Fsp3) is 0.643. The first-order chi connectivity index (χ1) is 9.69. The van der Waals surface area contributed by atoms with Crippen LogP contribution in [0.3, 0.4) is 0 Å². The number of carboxylic acids is 1. The first-order valence-electron chi connectivity index (χ1n) is 6.87. The fourth-order valence-corrected chi connectivity index (χ4v) is 2.57. The van der Waals surface area contributed by atoms with Gasteiger partial charge in [-0.25, -0.2) is 14.6 Å². The van der Waals surface area contributed by atoms with Crippen molar-refractivity contribution in [2.24, 2.45) is 7.05 Å². The number of rotatable bonds is 2. The van der Waals surface area contributed by atoms with Gasteiger partial charge < -0.3 is 14.4 Å². The van der Waals surface area contributed by atoms with Gasteiger partial charge in [-0.05, 0) is 27.2 Å². The van der Waals surface area contributed by atoms with Gasteiger partial charge in [-0.3, -0.25) is 4.90 Å². The largest absolute Gasteiger partial charge is 0.480 e. The molecule has 2 atom stereocenters. The number of hydrogen-bond acceptors (Lipinski definition) is 4. The summed E-state index contributed by atoms with van der Waals surface area (Å²) in [6, 6.07) is -0.861. The van der Waals surface area contributed by atoms with Crippen LogP contribution in [0.2, 0.25) is 0 Å². The molecule has 0 aromatic carbocycles. The lowest BCUT2D eigenvalue weighted by molar-refractivity contribution is -0.142. The normalized spacial score (nSPS) is 22.4. The second kappa shape index (κ2) is 5.38. The average molecular weight is 295 g/mol. The Morgan fingerprint density at radius 2 is 2.10 bits per heavy atom. The Kier molecular flexibility index (Phi) is 3.93. The number of aryl methyl sites for hydroxylation is 1. The van der Waals surface area contributed by atoms with E-state index in [1.807, 2.05) is 11.6 Å². The van der Waals surface area contributed by atoms with Crippen LogP contribution in [0.4, 0.5) is 4.79 Å². The molecule has 7 heteroatoms. The van der Waals surface area contributed by atoms with Crippen LogP contribution in [0.5, 0.6) is 0 Å². The summed E-state index contributed by atoms with van der Waals surface area (Å²) in [7, 11) is 1.86. The predicted molar refractivity (Wildman–Crippen MR) is 74.9 cm³/mol. The highest BCUT2D eigenvalue weighted by atomic mass is 16.6. The number of imidazole rings is 1. The fourth-order valence-electron chi connectivity index (χ4n) is 2.57. The highest BCUT2D eigenvalue weighted by Gasteiger charge is 2.42. The van der Waals surface area contributed by atoms with Crippen molar-refractivity contribution >= 4 is 12.1 Å². The van der Waals surface area contributed by atoms with Crippen molar-refractivity contribution in [2.45, 2.75) is 44.8 Å². The molecule has 1 aliphatic rings. The van der Waals surface area contributed by atoms with Crippen molar-refractivity contribution in [2.75, 3.05) is 6.54 Å². The summed E-state index contributed by atoms with van der Waals surface area (Å²) in [5.74, 6) is -1.06. The third-order valence-corrected chi connectivity index (χ3v) is 3.49. The molecular weight excluding hydrogens is 274 g/mol. The molecule has 0 aliphatic carbocycles. The lowest BCUT2D eigenvalue weighted by atomic mass is 10.0. The lowest BCUT2D eigenvalue weighted by Crippen LogP contribution is -2.43. The van der Waals surface area contributed by atoms with E-state index in [0.717, 1.165) is 5.69 Å². The van der Waals surface area contributed by atoms with E-state index in [2.05, 4.69) is 4.98 Å². The highest BCUT2D eigenvalue weighted by Crippen LogP contribution is 2.32. The maximum absolute atomic E-state index is 12.2. The summed E-state index contributed by atoms with van der Waals surface area (Å²) >= 11 is 0. The Labute approximate surface area is 123 Å². The van der Waals surface area contributed by atoms with Crippen LogP contribution >= 0.6 is 0 Å². The maximum atomic E-state index is 12.2. The minimum Gasteiger partial charge on any atom is -0.480 e. The van der Waals surface area contributed by atoms with E-state index in [1.54, 1.807) is 33.3 Å². The highest BCUT2D eigenvalue weighted by molar-refractivity contribution is 5.81. The van der Waals surface area contributed by atoms with Crippen molar-refractivity contribution in [1.29, 1.82) is 0 Å². The third kappa shape index (κ3) is 3.34. The number of likely N-dealkylation sites (tertiary alicyclic amines) is 1. The molecule has 1 aromatic heterocycles. The van der Waals surface area contributed by atoms with Crippen LogP contribution in [-0.2, 0) is 16.6 Å². The number of ether oxygens (including phenoxy) is 1.